The molecule has 0 bridgehead atoms. The molecule has 1 amide bonds. The average molecular weight is 252 g/mol. The SMILES string of the molecule is O=C(Nc1cccnc1)c1ccc(C#CCO)cc1. The smallest absolute Gasteiger partial charge is 0.255 e. The van der Waals surface area contributed by atoms with Gasteiger partial charge in [0.25, 0.3) is 5.91 Å². The lowest BCUT2D eigenvalue weighted by molar-refractivity contribution is 0.102. The summed E-state index contributed by atoms with van der Waals surface area (Å²) in [5.41, 5.74) is 1.95. The Hall–Kier alpha value is -2.64. The van der Waals surface area contributed by atoms with Crippen LogP contribution in [0, 0.1) is 11.8 Å². The van der Waals surface area contributed by atoms with Crippen LogP contribution in [0.2, 0.25) is 0 Å². The van der Waals surface area contributed by atoms with E-state index in [1.54, 1.807) is 48.8 Å². The lowest BCUT2D eigenvalue weighted by Crippen LogP contribution is -2.11. The molecule has 0 atom stereocenters. The van der Waals surface area contributed by atoms with Crippen LogP contribution in [0.1, 0.15) is 15.9 Å². The molecular formula is C15H12N2O2. The molecule has 4 nitrogen and oxygen atoms in total. The van der Waals surface area contributed by atoms with E-state index in [2.05, 4.69) is 22.1 Å². The summed E-state index contributed by atoms with van der Waals surface area (Å²) in [5, 5.41) is 11.3. The molecule has 1 heterocycles. The summed E-state index contributed by atoms with van der Waals surface area (Å²) >= 11 is 0. The predicted molar refractivity (Wildman–Crippen MR) is 72.6 cm³/mol. The van der Waals surface area contributed by atoms with Gasteiger partial charge in [0.2, 0.25) is 0 Å². The normalized spacial score (nSPS) is 9.32. The molecule has 0 aliphatic heterocycles. The van der Waals surface area contributed by atoms with Crippen molar-refractivity contribution in [3.05, 3.63) is 59.9 Å². The Morgan fingerprint density at radius 3 is 2.68 bits per heavy atom. The Morgan fingerprint density at radius 2 is 2.05 bits per heavy atom. The van der Waals surface area contributed by atoms with E-state index in [1.807, 2.05) is 0 Å². The number of benzene rings is 1. The van der Waals surface area contributed by atoms with Gasteiger partial charge in [-0.2, -0.15) is 0 Å². The Bertz CT molecular complexity index is 610. The van der Waals surface area contributed by atoms with Gasteiger partial charge in [-0.15, -0.1) is 0 Å². The topological polar surface area (TPSA) is 62.2 Å². The lowest BCUT2D eigenvalue weighted by atomic mass is 10.1. The minimum Gasteiger partial charge on any atom is -0.384 e. The third kappa shape index (κ3) is 3.66. The average Bonchev–Trinajstić information content (AvgIpc) is 2.46. The van der Waals surface area contributed by atoms with Crippen LogP contribution in [0.5, 0.6) is 0 Å². The second-order valence-corrected chi connectivity index (χ2v) is 3.73. The molecule has 2 N–H and O–H groups in total. The molecule has 0 unspecified atom stereocenters. The monoisotopic (exact) mass is 252 g/mol. The van der Waals surface area contributed by atoms with Gasteiger partial charge in [0.15, 0.2) is 0 Å². The molecule has 1 aromatic heterocycles. The zero-order valence-electron chi connectivity index (χ0n) is 10.1. The summed E-state index contributed by atoms with van der Waals surface area (Å²) in [7, 11) is 0. The van der Waals surface area contributed by atoms with Crippen molar-refractivity contribution in [3.8, 4) is 11.8 Å². The molecule has 94 valence electrons. The second-order valence-electron chi connectivity index (χ2n) is 3.73. The maximum absolute atomic E-state index is 11.9. The number of hydrogen-bond acceptors (Lipinski definition) is 3. The standard InChI is InChI=1S/C15H12N2O2/c18-10-2-3-12-5-7-13(8-6-12)15(19)17-14-4-1-9-16-11-14/h1,4-9,11,18H,10H2,(H,17,19). The summed E-state index contributed by atoms with van der Waals surface area (Å²) in [6.45, 7) is -0.177. The molecule has 0 radical (unpaired) electrons. The molecular weight excluding hydrogens is 240 g/mol. The molecule has 0 aliphatic rings. The number of rotatable bonds is 2. The zero-order chi connectivity index (χ0) is 13.5. The van der Waals surface area contributed by atoms with Crippen molar-refractivity contribution in [3.63, 3.8) is 0 Å². The summed E-state index contributed by atoms with van der Waals surface area (Å²) in [6, 6.07) is 10.4. The molecule has 0 saturated carbocycles. The maximum Gasteiger partial charge on any atom is 0.255 e. The first-order valence-electron chi connectivity index (χ1n) is 5.71. The van der Waals surface area contributed by atoms with E-state index in [1.165, 1.54) is 0 Å². The van der Waals surface area contributed by atoms with Gasteiger partial charge in [0, 0.05) is 17.3 Å². The fourth-order valence-corrected chi connectivity index (χ4v) is 1.49. The number of amides is 1. The molecule has 19 heavy (non-hydrogen) atoms. The summed E-state index contributed by atoms with van der Waals surface area (Å²) in [6.07, 6.45) is 3.23. The first kappa shape index (κ1) is 12.8. The lowest BCUT2D eigenvalue weighted by Gasteiger charge is -2.04. The maximum atomic E-state index is 11.9. The number of pyridine rings is 1. The van der Waals surface area contributed by atoms with Crippen molar-refractivity contribution in [2.75, 3.05) is 11.9 Å². The fourth-order valence-electron chi connectivity index (χ4n) is 1.49. The highest BCUT2D eigenvalue weighted by atomic mass is 16.2. The van der Waals surface area contributed by atoms with E-state index in [0.717, 1.165) is 5.56 Å². The van der Waals surface area contributed by atoms with Crippen LogP contribution in [0.3, 0.4) is 0 Å². The molecule has 0 saturated heterocycles. The fraction of sp³-hybridized carbons (Fsp3) is 0.0667. The van der Waals surface area contributed by atoms with Gasteiger partial charge >= 0.3 is 0 Å². The molecule has 2 rings (SSSR count). The summed E-state index contributed by atoms with van der Waals surface area (Å²) < 4.78 is 0. The number of hydrogen-bond donors (Lipinski definition) is 2. The number of aliphatic hydroxyl groups is 1. The van der Waals surface area contributed by atoms with Crippen molar-refractivity contribution < 1.29 is 9.90 Å². The van der Waals surface area contributed by atoms with Crippen LogP contribution >= 0.6 is 0 Å². The van der Waals surface area contributed by atoms with Gasteiger partial charge in [-0.05, 0) is 36.4 Å². The Morgan fingerprint density at radius 1 is 1.26 bits per heavy atom. The first-order chi connectivity index (χ1) is 9.29. The number of aliphatic hydroxyl groups excluding tert-OH is 1. The minimum atomic E-state index is -0.199. The highest BCUT2D eigenvalue weighted by Crippen LogP contribution is 2.08. The van der Waals surface area contributed by atoms with E-state index in [4.69, 9.17) is 5.11 Å². The van der Waals surface area contributed by atoms with Gasteiger partial charge in [0.1, 0.15) is 6.61 Å². The third-order valence-corrected chi connectivity index (χ3v) is 2.38. The summed E-state index contributed by atoms with van der Waals surface area (Å²) in [4.78, 5) is 15.8. The summed E-state index contributed by atoms with van der Waals surface area (Å²) in [5.74, 6) is 5.12. The van der Waals surface area contributed by atoms with Gasteiger partial charge < -0.3 is 10.4 Å². The Kier molecular flexibility index (Phi) is 4.27. The molecule has 0 spiro atoms. The molecule has 2 aromatic rings. The highest BCUT2D eigenvalue weighted by Gasteiger charge is 2.05. The quantitative estimate of drug-likeness (QED) is 0.799. The van der Waals surface area contributed by atoms with Crippen LogP contribution in [0.4, 0.5) is 5.69 Å². The highest BCUT2D eigenvalue weighted by molar-refractivity contribution is 6.04. The van der Waals surface area contributed by atoms with Gasteiger partial charge in [0.05, 0.1) is 11.9 Å². The molecule has 4 heteroatoms. The number of aromatic nitrogens is 1. The van der Waals surface area contributed by atoms with E-state index in [-0.39, 0.29) is 12.5 Å². The first-order valence-corrected chi connectivity index (χ1v) is 5.71. The van der Waals surface area contributed by atoms with E-state index < -0.39 is 0 Å². The van der Waals surface area contributed by atoms with Crippen molar-refractivity contribution in [2.45, 2.75) is 0 Å². The predicted octanol–water partition coefficient (Wildman–Crippen LogP) is 1.68. The molecule has 0 aliphatic carbocycles. The minimum absolute atomic E-state index is 0.177. The largest absolute Gasteiger partial charge is 0.384 e. The van der Waals surface area contributed by atoms with E-state index >= 15 is 0 Å². The Balaban J connectivity index is 2.08. The number of nitrogens with zero attached hydrogens (tertiary/aromatic N) is 1. The van der Waals surface area contributed by atoms with Gasteiger partial charge in [-0.3, -0.25) is 9.78 Å². The van der Waals surface area contributed by atoms with Gasteiger partial charge in [-0.25, -0.2) is 0 Å². The van der Waals surface area contributed by atoms with Crippen molar-refractivity contribution in [1.29, 1.82) is 0 Å². The van der Waals surface area contributed by atoms with E-state index in [9.17, 15) is 4.79 Å². The zero-order valence-corrected chi connectivity index (χ0v) is 10.1. The second kappa shape index (κ2) is 6.34. The molecule has 1 aromatic carbocycles. The van der Waals surface area contributed by atoms with Crippen LogP contribution in [0.25, 0.3) is 0 Å². The van der Waals surface area contributed by atoms with Gasteiger partial charge in [-0.1, -0.05) is 11.8 Å². The number of carbonyl (C=O) groups excluding carboxylic acids is 1. The third-order valence-electron chi connectivity index (χ3n) is 2.38. The van der Waals surface area contributed by atoms with Crippen molar-refractivity contribution >= 4 is 11.6 Å². The van der Waals surface area contributed by atoms with Crippen LogP contribution in [-0.2, 0) is 0 Å². The van der Waals surface area contributed by atoms with Crippen LogP contribution < -0.4 is 5.32 Å². The van der Waals surface area contributed by atoms with E-state index in [0.29, 0.717) is 11.3 Å². The van der Waals surface area contributed by atoms with Crippen molar-refractivity contribution in [1.82, 2.24) is 4.98 Å². The molecule has 0 fully saturated rings. The van der Waals surface area contributed by atoms with Crippen LogP contribution in [0.15, 0.2) is 48.8 Å². The van der Waals surface area contributed by atoms with Crippen LogP contribution in [-0.4, -0.2) is 22.6 Å². The van der Waals surface area contributed by atoms with Crippen molar-refractivity contribution in [2.24, 2.45) is 0 Å². The Labute approximate surface area is 111 Å². The number of anilines is 1. The number of carbonyl (C=O) groups is 1. The number of nitrogens with one attached hydrogen (secondary N) is 1.